The van der Waals surface area contributed by atoms with Crippen molar-refractivity contribution in [1.29, 1.82) is 0 Å². The smallest absolute Gasteiger partial charge is 0.264 e. The van der Waals surface area contributed by atoms with Gasteiger partial charge in [-0.2, -0.15) is 4.98 Å². The lowest BCUT2D eigenvalue weighted by atomic mass is 10.3. The van der Waals surface area contributed by atoms with Gasteiger partial charge in [-0.15, -0.1) is 0 Å². The SMILES string of the molecule is NC(CO)c1noc(COc2cccc(Cl)c2)n1. The van der Waals surface area contributed by atoms with Crippen LogP contribution in [0.3, 0.4) is 0 Å². The largest absolute Gasteiger partial charge is 0.484 e. The van der Waals surface area contributed by atoms with Crippen molar-refractivity contribution in [2.45, 2.75) is 12.6 Å². The first kappa shape index (κ1) is 12.8. The molecule has 0 fully saturated rings. The molecule has 0 saturated heterocycles. The average molecular weight is 270 g/mol. The Labute approximate surface area is 108 Å². The lowest BCUT2D eigenvalue weighted by Gasteiger charge is -2.02. The molecule has 0 saturated carbocycles. The van der Waals surface area contributed by atoms with E-state index in [4.69, 9.17) is 31.7 Å². The van der Waals surface area contributed by atoms with E-state index in [1.807, 2.05) is 0 Å². The molecule has 96 valence electrons. The highest BCUT2D eigenvalue weighted by Crippen LogP contribution is 2.18. The van der Waals surface area contributed by atoms with E-state index in [0.29, 0.717) is 10.8 Å². The van der Waals surface area contributed by atoms with Crippen LogP contribution in [0.5, 0.6) is 5.75 Å². The predicted molar refractivity (Wildman–Crippen MR) is 64.1 cm³/mol. The Morgan fingerprint density at radius 3 is 3.06 bits per heavy atom. The van der Waals surface area contributed by atoms with E-state index in [-0.39, 0.29) is 24.9 Å². The quantitative estimate of drug-likeness (QED) is 0.849. The molecule has 2 rings (SSSR count). The van der Waals surface area contributed by atoms with Crippen LogP contribution in [0.4, 0.5) is 0 Å². The highest BCUT2D eigenvalue weighted by atomic mass is 35.5. The summed E-state index contributed by atoms with van der Waals surface area (Å²) in [6, 6.07) is 6.33. The number of aliphatic hydroxyl groups is 1. The number of aliphatic hydroxyl groups excluding tert-OH is 1. The zero-order chi connectivity index (χ0) is 13.0. The molecule has 1 aromatic carbocycles. The first-order chi connectivity index (χ1) is 8.69. The number of halogens is 1. The van der Waals surface area contributed by atoms with E-state index in [0.717, 1.165) is 0 Å². The van der Waals surface area contributed by atoms with Gasteiger partial charge in [0.2, 0.25) is 0 Å². The second kappa shape index (κ2) is 5.81. The molecule has 6 nitrogen and oxygen atoms in total. The van der Waals surface area contributed by atoms with Crippen molar-refractivity contribution in [2.24, 2.45) is 5.73 Å². The Bertz CT molecular complexity index is 518. The molecular weight excluding hydrogens is 258 g/mol. The molecule has 18 heavy (non-hydrogen) atoms. The number of hydrogen-bond donors (Lipinski definition) is 2. The Kier molecular flexibility index (Phi) is 4.14. The van der Waals surface area contributed by atoms with Crippen molar-refractivity contribution in [3.63, 3.8) is 0 Å². The number of nitrogens with zero attached hydrogens (tertiary/aromatic N) is 2. The van der Waals surface area contributed by atoms with Crippen LogP contribution in [-0.4, -0.2) is 21.9 Å². The Morgan fingerprint density at radius 1 is 1.50 bits per heavy atom. The molecule has 0 aliphatic rings. The number of aromatic nitrogens is 2. The van der Waals surface area contributed by atoms with Crippen molar-refractivity contribution >= 4 is 11.6 Å². The number of nitrogens with two attached hydrogens (primary N) is 1. The monoisotopic (exact) mass is 269 g/mol. The molecule has 1 atom stereocenters. The second-order valence-corrected chi connectivity index (χ2v) is 4.02. The molecule has 0 spiro atoms. The minimum absolute atomic E-state index is 0.117. The number of rotatable bonds is 5. The number of ether oxygens (including phenoxy) is 1. The van der Waals surface area contributed by atoms with E-state index in [9.17, 15) is 0 Å². The van der Waals surface area contributed by atoms with Gasteiger partial charge in [0, 0.05) is 5.02 Å². The molecule has 0 amide bonds. The van der Waals surface area contributed by atoms with Gasteiger partial charge in [-0.3, -0.25) is 0 Å². The summed E-state index contributed by atoms with van der Waals surface area (Å²) in [5.41, 5.74) is 5.54. The van der Waals surface area contributed by atoms with Gasteiger partial charge < -0.3 is 20.1 Å². The molecule has 2 aromatic rings. The molecule has 0 radical (unpaired) electrons. The maximum Gasteiger partial charge on any atom is 0.264 e. The van der Waals surface area contributed by atoms with Gasteiger partial charge in [0.1, 0.15) is 5.75 Å². The van der Waals surface area contributed by atoms with E-state index >= 15 is 0 Å². The van der Waals surface area contributed by atoms with Crippen LogP contribution in [0, 0.1) is 0 Å². The summed E-state index contributed by atoms with van der Waals surface area (Å²) in [6.07, 6.45) is 0. The first-order valence-corrected chi connectivity index (χ1v) is 5.64. The Balaban J connectivity index is 1.96. The van der Waals surface area contributed by atoms with Crippen LogP contribution < -0.4 is 10.5 Å². The van der Waals surface area contributed by atoms with Crippen molar-refractivity contribution in [3.05, 3.63) is 41.0 Å². The summed E-state index contributed by atoms with van der Waals surface area (Å²) in [6.45, 7) is -0.125. The van der Waals surface area contributed by atoms with E-state index in [1.54, 1.807) is 24.3 Å². The summed E-state index contributed by atoms with van der Waals surface area (Å²) >= 11 is 5.82. The summed E-state index contributed by atoms with van der Waals surface area (Å²) in [7, 11) is 0. The highest BCUT2D eigenvalue weighted by molar-refractivity contribution is 6.30. The van der Waals surface area contributed by atoms with Crippen LogP contribution in [0.2, 0.25) is 5.02 Å². The van der Waals surface area contributed by atoms with E-state index in [1.165, 1.54) is 0 Å². The second-order valence-electron chi connectivity index (χ2n) is 3.58. The van der Waals surface area contributed by atoms with E-state index in [2.05, 4.69) is 10.1 Å². The molecule has 1 unspecified atom stereocenters. The fourth-order valence-electron chi connectivity index (χ4n) is 1.26. The van der Waals surface area contributed by atoms with Gasteiger partial charge in [0.25, 0.3) is 5.89 Å². The van der Waals surface area contributed by atoms with Gasteiger partial charge >= 0.3 is 0 Å². The Hall–Kier alpha value is -1.63. The fraction of sp³-hybridized carbons (Fsp3) is 0.273. The maximum atomic E-state index is 8.84. The third kappa shape index (κ3) is 3.19. The minimum atomic E-state index is -0.645. The van der Waals surface area contributed by atoms with Crippen LogP contribution in [0.25, 0.3) is 0 Å². The third-order valence-electron chi connectivity index (χ3n) is 2.17. The summed E-state index contributed by atoms with van der Waals surface area (Å²) in [4.78, 5) is 4.00. The zero-order valence-electron chi connectivity index (χ0n) is 9.41. The van der Waals surface area contributed by atoms with E-state index < -0.39 is 6.04 Å². The lowest BCUT2D eigenvalue weighted by Crippen LogP contribution is -2.16. The Morgan fingerprint density at radius 2 is 2.33 bits per heavy atom. The predicted octanol–water partition coefficient (Wildman–Crippen LogP) is 1.29. The summed E-state index contributed by atoms with van der Waals surface area (Å²) in [5, 5.41) is 13.1. The normalized spacial score (nSPS) is 12.4. The molecule has 1 heterocycles. The van der Waals surface area contributed by atoms with Crippen LogP contribution in [0.15, 0.2) is 28.8 Å². The fourth-order valence-corrected chi connectivity index (χ4v) is 1.44. The van der Waals surface area contributed by atoms with Gasteiger partial charge in [-0.05, 0) is 18.2 Å². The zero-order valence-corrected chi connectivity index (χ0v) is 10.2. The van der Waals surface area contributed by atoms with Crippen LogP contribution in [0.1, 0.15) is 17.8 Å². The number of benzene rings is 1. The summed E-state index contributed by atoms with van der Waals surface area (Å²) < 4.78 is 10.3. The molecular formula is C11H12ClN3O3. The van der Waals surface area contributed by atoms with Gasteiger partial charge in [0.15, 0.2) is 12.4 Å². The number of hydrogen-bond acceptors (Lipinski definition) is 6. The van der Waals surface area contributed by atoms with Crippen LogP contribution >= 0.6 is 11.6 Å². The van der Waals surface area contributed by atoms with Crippen molar-refractivity contribution in [3.8, 4) is 5.75 Å². The van der Waals surface area contributed by atoms with Crippen molar-refractivity contribution in [2.75, 3.05) is 6.61 Å². The van der Waals surface area contributed by atoms with Gasteiger partial charge in [0.05, 0.1) is 12.6 Å². The molecule has 0 aliphatic carbocycles. The average Bonchev–Trinajstić information content (AvgIpc) is 2.84. The van der Waals surface area contributed by atoms with Gasteiger partial charge in [-0.1, -0.05) is 22.8 Å². The van der Waals surface area contributed by atoms with Crippen molar-refractivity contribution < 1.29 is 14.4 Å². The van der Waals surface area contributed by atoms with Crippen molar-refractivity contribution in [1.82, 2.24) is 10.1 Å². The maximum absolute atomic E-state index is 8.84. The molecule has 1 aromatic heterocycles. The minimum Gasteiger partial charge on any atom is -0.484 e. The van der Waals surface area contributed by atoms with Gasteiger partial charge in [-0.25, -0.2) is 0 Å². The van der Waals surface area contributed by atoms with Crippen LogP contribution in [-0.2, 0) is 6.61 Å². The molecule has 0 bridgehead atoms. The first-order valence-electron chi connectivity index (χ1n) is 5.26. The topological polar surface area (TPSA) is 94.4 Å². The lowest BCUT2D eigenvalue weighted by molar-refractivity contribution is 0.239. The summed E-state index contributed by atoms with van der Waals surface area (Å²) in [5.74, 6) is 1.14. The standard InChI is InChI=1S/C11H12ClN3O3/c12-7-2-1-3-8(4-7)17-6-10-14-11(15-18-10)9(13)5-16/h1-4,9,16H,5-6,13H2. The molecule has 7 heteroatoms. The molecule has 0 aliphatic heterocycles. The third-order valence-corrected chi connectivity index (χ3v) is 2.41. The molecule has 3 N–H and O–H groups in total. The highest BCUT2D eigenvalue weighted by Gasteiger charge is 2.13.